The number of amides is 2. The van der Waals surface area contributed by atoms with Crippen molar-refractivity contribution in [3.8, 4) is 16.9 Å². The van der Waals surface area contributed by atoms with Crippen LogP contribution in [0.25, 0.3) is 11.1 Å². The Bertz CT molecular complexity index is 1060. The predicted molar refractivity (Wildman–Crippen MR) is 117 cm³/mol. The first-order valence-electron chi connectivity index (χ1n) is 9.61. The lowest BCUT2D eigenvalue weighted by Gasteiger charge is -2.16. The van der Waals surface area contributed by atoms with Crippen molar-refractivity contribution in [3.05, 3.63) is 84.4 Å². The molecule has 0 radical (unpaired) electrons. The molecule has 7 heteroatoms. The van der Waals surface area contributed by atoms with Crippen molar-refractivity contribution >= 4 is 23.5 Å². The molecule has 2 amide bonds. The van der Waals surface area contributed by atoms with Gasteiger partial charge in [0.05, 0.1) is 5.56 Å². The van der Waals surface area contributed by atoms with E-state index in [4.69, 9.17) is 15.2 Å². The molecule has 0 aromatic heterocycles. The summed E-state index contributed by atoms with van der Waals surface area (Å²) in [7, 11) is 0. The van der Waals surface area contributed by atoms with Crippen LogP contribution in [0.15, 0.2) is 78.9 Å². The van der Waals surface area contributed by atoms with Gasteiger partial charge in [0.25, 0.3) is 11.8 Å². The molecular weight excluding hydrogens is 396 g/mol. The maximum absolute atomic E-state index is 12.6. The first kappa shape index (κ1) is 21.6. The zero-order chi connectivity index (χ0) is 22.2. The molecule has 31 heavy (non-hydrogen) atoms. The second kappa shape index (κ2) is 10.1. The lowest BCUT2D eigenvalue weighted by Crippen LogP contribution is -2.30. The van der Waals surface area contributed by atoms with Crippen molar-refractivity contribution in [1.82, 2.24) is 0 Å². The van der Waals surface area contributed by atoms with Crippen molar-refractivity contribution in [1.29, 1.82) is 0 Å². The summed E-state index contributed by atoms with van der Waals surface area (Å²) in [6.07, 6.45) is -1.01. The molecule has 158 valence electrons. The minimum absolute atomic E-state index is 0.246. The van der Waals surface area contributed by atoms with E-state index in [-0.39, 0.29) is 12.2 Å². The smallest absolute Gasteiger partial charge is 0.338 e. The summed E-state index contributed by atoms with van der Waals surface area (Å²) in [5.74, 6) is -1.31. The maximum atomic E-state index is 12.6. The van der Waals surface area contributed by atoms with Gasteiger partial charge >= 0.3 is 5.97 Å². The Morgan fingerprint density at radius 1 is 0.903 bits per heavy atom. The standard InChI is InChI=1S/C24H22N2O5/c1-16(31-24(29)18-11-13-19(14-12-18)30-15-22(25)27)23(28)26-21-10-6-5-9-20(21)17-7-3-2-4-8-17/h2-14,16H,15H2,1H3,(H2,25,27)(H,26,28)/t16-/m0/s1. The van der Waals surface area contributed by atoms with E-state index in [9.17, 15) is 14.4 Å². The minimum Gasteiger partial charge on any atom is -0.484 e. The number of carbonyl (C=O) groups excluding carboxylic acids is 3. The number of anilines is 1. The Kier molecular flexibility index (Phi) is 7.01. The quantitative estimate of drug-likeness (QED) is 0.545. The van der Waals surface area contributed by atoms with E-state index in [2.05, 4.69) is 5.32 Å². The third kappa shape index (κ3) is 5.93. The number of hydrogen-bond donors (Lipinski definition) is 2. The monoisotopic (exact) mass is 418 g/mol. The number of esters is 1. The van der Waals surface area contributed by atoms with Crippen LogP contribution in [0.4, 0.5) is 5.69 Å². The van der Waals surface area contributed by atoms with E-state index in [1.165, 1.54) is 31.2 Å². The zero-order valence-electron chi connectivity index (χ0n) is 16.9. The molecule has 0 aliphatic rings. The molecule has 1 atom stereocenters. The Labute approximate surface area is 179 Å². The van der Waals surface area contributed by atoms with Crippen LogP contribution < -0.4 is 15.8 Å². The predicted octanol–water partition coefficient (Wildman–Crippen LogP) is 3.40. The molecule has 0 bridgehead atoms. The third-order valence-corrected chi connectivity index (χ3v) is 4.39. The number of ether oxygens (including phenoxy) is 2. The second-order valence-electron chi connectivity index (χ2n) is 6.73. The highest BCUT2D eigenvalue weighted by Crippen LogP contribution is 2.27. The Balaban J connectivity index is 1.62. The number of nitrogens with one attached hydrogen (secondary N) is 1. The van der Waals surface area contributed by atoms with Gasteiger partial charge in [-0.05, 0) is 42.8 Å². The van der Waals surface area contributed by atoms with E-state index in [1.54, 1.807) is 6.07 Å². The summed E-state index contributed by atoms with van der Waals surface area (Å²) in [5.41, 5.74) is 7.71. The fourth-order valence-electron chi connectivity index (χ4n) is 2.82. The van der Waals surface area contributed by atoms with Gasteiger partial charge in [0.2, 0.25) is 0 Å². The van der Waals surface area contributed by atoms with Crippen molar-refractivity contribution in [3.63, 3.8) is 0 Å². The molecule has 0 aliphatic heterocycles. The number of hydrogen-bond acceptors (Lipinski definition) is 5. The zero-order valence-corrected chi connectivity index (χ0v) is 16.9. The van der Waals surface area contributed by atoms with E-state index < -0.39 is 23.9 Å². The molecule has 3 aromatic rings. The van der Waals surface area contributed by atoms with Crippen LogP contribution in [0.3, 0.4) is 0 Å². The second-order valence-corrected chi connectivity index (χ2v) is 6.73. The molecule has 0 fully saturated rings. The fourth-order valence-corrected chi connectivity index (χ4v) is 2.82. The van der Waals surface area contributed by atoms with Crippen molar-refractivity contribution in [2.45, 2.75) is 13.0 Å². The average molecular weight is 418 g/mol. The number of para-hydroxylation sites is 1. The summed E-state index contributed by atoms with van der Waals surface area (Å²) in [6, 6.07) is 23.1. The van der Waals surface area contributed by atoms with Crippen molar-refractivity contribution in [2.75, 3.05) is 11.9 Å². The lowest BCUT2D eigenvalue weighted by molar-refractivity contribution is -0.123. The molecule has 0 aliphatic carbocycles. The molecule has 0 heterocycles. The van der Waals surface area contributed by atoms with Gasteiger partial charge < -0.3 is 20.5 Å². The number of primary amides is 1. The van der Waals surface area contributed by atoms with Crippen LogP contribution >= 0.6 is 0 Å². The van der Waals surface area contributed by atoms with E-state index in [0.717, 1.165) is 11.1 Å². The molecule has 3 N–H and O–H groups in total. The first-order valence-corrected chi connectivity index (χ1v) is 9.61. The van der Waals surface area contributed by atoms with Gasteiger partial charge in [-0.1, -0.05) is 48.5 Å². The van der Waals surface area contributed by atoms with Crippen molar-refractivity contribution < 1.29 is 23.9 Å². The highest BCUT2D eigenvalue weighted by Gasteiger charge is 2.20. The Morgan fingerprint density at radius 3 is 2.23 bits per heavy atom. The van der Waals surface area contributed by atoms with Gasteiger partial charge in [0.15, 0.2) is 12.7 Å². The van der Waals surface area contributed by atoms with Gasteiger partial charge in [-0.25, -0.2) is 4.79 Å². The first-order chi connectivity index (χ1) is 14.9. The van der Waals surface area contributed by atoms with Gasteiger partial charge in [0, 0.05) is 11.3 Å². The van der Waals surface area contributed by atoms with Crippen LogP contribution in [0, 0.1) is 0 Å². The topological polar surface area (TPSA) is 108 Å². The largest absolute Gasteiger partial charge is 0.484 e. The summed E-state index contributed by atoms with van der Waals surface area (Å²) >= 11 is 0. The summed E-state index contributed by atoms with van der Waals surface area (Å²) < 4.78 is 10.4. The molecule has 0 unspecified atom stereocenters. The van der Waals surface area contributed by atoms with E-state index in [1.807, 2.05) is 48.5 Å². The van der Waals surface area contributed by atoms with Gasteiger partial charge in [-0.2, -0.15) is 0 Å². The van der Waals surface area contributed by atoms with Crippen LogP contribution in [0.1, 0.15) is 17.3 Å². The summed E-state index contributed by atoms with van der Waals surface area (Å²) in [4.78, 5) is 35.7. The number of nitrogens with two attached hydrogens (primary N) is 1. The number of rotatable bonds is 8. The highest BCUT2D eigenvalue weighted by atomic mass is 16.5. The highest BCUT2D eigenvalue weighted by molar-refractivity contribution is 6.00. The minimum atomic E-state index is -1.01. The van der Waals surface area contributed by atoms with Gasteiger partial charge in [0.1, 0.15) is 5.75 Å². The van der Waals surface area contributed by atoms with Crippen LogP contribution in [-0.4, -0.2) is 30.5 Å². The summed E-state index contributed by atoms with van der Waals surface area (Å²) in [6.45, 7) is 1.24. The lowest BCUT2D eigenvalue weighted by atomic mass is 10.0. The molecule has 0 saturated heterocycles. The maximum Gasteiger partial charge on any atom is 0.338 e. The van der Waals surface area contributed by atoms with Gasteiger partial charge in [-0.15, -0.1) is 0 Å². The van der Waals surface area contributed by atoms with Crippen molar-refractivity contribution in [2.24, 2.45) is 5.73 Å². The number of carbonyl (C=O) groups is 3. The molecule has 3 aromatic carbocycles. The Morgan fingerprint density at radius 2 is 1.55 bits per heavy atom. The fraction of sp³-hybridized carbons (Fsp3) is 0.125. The SMILES string of the molecule is C[C@H](OC(=O)c1ccc(OCC(N)=O)cc1)C(=O)Nc1ccccc1-c1ccccc1. The third-order valence-electron chi connectivity index (χ3n) is 4.39. The molecule has 0 saturated carbocycles. The van der Waals surface area contributed by atoms with E-state index in [0.29, 0.717) is 11.4 Å². The van der Waals surface area contributed by atoms with Crippen LogP contribution in [0.2, 0.25) is 0 Å². The number of benzene rings is 3. The van der Waals surface area contributed by atoms with Crippen LogP contribution in [0.5, 0.6) is 5.75 Å². The molecule has 3 rings (SSSR count). The Hall–Kier alpha value is -4.13. The average Bonchev–Trinajstić information content (AvgIpc) is 2.79. The van der Waals surface area contributed by atoms with E-state index >= 15 is 0 Å². The molecular formula is C24H22N2O5. The normalized spacial score (nSPS) is 11.3. The molecule has 0 spiro atoms. The van der Waals surface area contributed by atoms with Crippen LogP contribution in [-0.2, 0) is 14.3 Å². The van der Waals surface area contributed by atoms with Gasteiger partial charge in [-0.3, -0.25) is 9.59 Å². The molecule has 7 nitrogen and oxygen atoms in total. The summed E-state index contributed by atoms with van der Waals surface area (Å²) in [5, 5.41) is 2.82.